The smallest absolute Gasteiger partial charge is 0.131 e. The fourth-order valence-corrected chi connectivity index (χ4v) is 2.93. The van der Waals surface area contributed by atoms with E-state index in [-0.39, 0.29) is 12.0 Å². The van der Waals surface area contributed by atoms with Crippen LogP contribution in [0.3, 0.4) is 0 Å². The van der Waals surface area contributed by atoms with E-state index in [1.807, 2.05) is 43.3 Å². The van der Waals surface area contributed by atoms with Gasteiger partial charge in [0, 0.05) is 23.1 Å². The van der Waals surface area contributed by atoms with Crippen molar-refractivity contribution in [1.29, 1.82) is 0 Å². The Hall–Kier alpha value is -1.65. The second-order valence-electron chi connectivity index (χ2n) is 5.61. The van der Waals surface area contributed by atoms with Crippen LogP contribution in [0.4, 0.5) is 0 Å². The maximum Gasteiger partial charge on any atom is 0.131 e. The minimum Gasteiger partial charge on any atom is -0.487 e. The molecule has 2 aromatic rings. The van der Waals surface area contributed by atoms with Gasteiger partial charge in [-0.15, -0.1) is 0 Å². The first kappa shape index (κ1) is 15.3. The summed E-state index contributed by atoms with van der Waals surface area (Å²) >= 11 is 3.48. The maximum absolute atomic E-state index is 11.7. The lowest BCUT2D eigenvalue weighted by Crippen LogP contribution is -2.50. The van der Waals surface area contributed by atoms with Crippen molar-refractivity contribution in [3.05, 3.63) is 63.6 Å². The molecule has 3 nitrogen and oxygen atoms in total. The fraction of sp³-hybridized carbons (Fsp3) is 0.278. The van der Waals surface area contributed by atoms with E-state index in [0.717, 1.165) is 46.3 Å². The first-order valence-corrected chi connectivity index (χ1v) is 8.15. The molecule has 3 rings (SSSR count). The third-order valence-electron chi connectivity index (χ3n) is 3.89. The Morgan fingerprint density at radius 2 is 2.09 bits per heavy atom. The van der Waals surface area contributed by atoms with Gasteiger partial charge in [0.2, 0.25) is 0 Å². The van der Waals surface area contributed by atoms with E-state index in [1.54, 1.807) is 0 Å². The molecule has 1 atom stereocenters. The van der Waals surface area contributed by atoms with Crippen LogP contribution in [0.2, 0.25) is 0 Å². The summed E-state index contributed by atoms with van der Waals surface area (Å²) in [6.45, 7) is 3.73. The molecule has 22 heavy (non-hydrogen) atoms. The van der Waals surface area contributed by atoms with Crippen molar-refractivity contribution in [3.8, 4) is 5.75 Å². The largest absolute Gasteiger partial charge is 0.487 e. The van der Waals surface area contributed by atoms with Crippen LogP contribution in [0.5, 0.6) is 5.75 Å². The molecule has 2 aromatic carbocycles. The number of hydrogen-bond donors (Lipinski definition) is 1. The van der Waals surface area contributed by atoms with Gasteiger partial charge in [0.15, 0.2) is 0 Å². The molecular weight excluding hydrogens is 342 g/mol. The topological polar surface area (TPSA) is 38.3 Å². The zero-order chi connectivity index (χ0) is 15.5. The van der Waals surface area contributed by atoms with Gasteiger partial charge in [-0.1, -0.05) is 51.8 Å². The zero-order valence-corrected chi connectivity index (χ0v) is 14.0. The lowest BCUT2D eigenvalue weighted by atomic mass is 9.91. The van der Waals surface area contributed by atoms with Gasteiger partial charge in [-0.25, -0.2) is 0 Å². The zero-order valence-electron chi connectivity index (χ0n) is 12.4. The highest BCUT2D eigenvalue weighted by molar-refractivity contribution is 9.10. The molecule has 114 valence electrons. The van der Waals surface area contributed by atoms with E-state index in [9.17, 15) is 4.79 Å². The van der Waals surface area contributed by atoms with Gasteiger partial charge in [0.1, 0.15) is 18.1 Å². The van der Waals surface area contributed by atoms with E-state index in [2.05, 4.69) is 27.3 Å². The molecule has 0 aliphatic carbocycles. The van der Waals surface area contributed by atoms with Crippen molar-refractivity contribution in [2.45, 2.75) is 18.9 Å². The van der Waals surface area contributed by atoms with Gasteiger partial charge in [-0.05, 0) is 24.6 Å². The quantitative estimate of drug-likeness (QED) is 0.831. The summed E-state index contributed by atoms with van der Waals surface area (Å²) in [4.78, 5) is 11.7. The highest BCUT2D eigenvalue weighted by Crippen LogP contribution is 2.34. The third kappa shape index (κ3) is 3.23. The molecule has 0 aromatic heterocycles. The Morgan fingerprint density at radius 3 is 2.73 bits per heavy atom. The molecule has 1 aliphatic rings. The van der Waals surface area contributed by atoms with Crippen molar-refractivity contribution in [3.63, 3.8) is 0 Å². The standard InChI is InChI=1S/C18H18BrNO2/c1-12-3-2-4-13(7-12)17(11-21)16-6-5-14(19)8-18(16)22-15-9-20-10-15/h2-8,11,15,17,20H,9-10H2,1H3. The summed E-state index contributed by atoms with van der Waals surface area (Å²) in [5.41, 5.74) is 3.05. The van der Waals surface area contributed by atoms with Crippen LogP contribution < -0.4 is 10.1 Å². The van der Waals surface area contributed by atoms with E-state index in [4.69, 9.17) is 4.74 Å². The first-order chi connectivity index (χ1) is 10.7. The van der Waals surface area contributed by atoms with E-state index < -0.39 is 0 Å². The van der Waals surface area contributed by atoms with Gasteiger partial charge in [0.25, 0.3) is 0 Å². The van der Waals surface area contributed by atoms with Crippen molar-refractivity contribution >= 4 is 22.2 Å². The Morgan fingerprint density at radius 1 is 1.27 bits per heavy atom. The molecule has 1 unspecified atom stereocenters. The molecule has 1 N–H and O–H groups in total. The van der Waals surface area contributed by atoms with Gasteiger partial charge in [0.05, 0.1) is 5.92 Å². The fourth-order valence-electron chi connectivity index (χ4n) is 2.59. The summed E-state index contributed by atoms with van der Waals surface area (Å²) < 4.78 is 7.00. The van der Waals surface area contributed by atoms with Gasteiger partial charge >= 0.3 is 0 Å². The number of aldehydes is 1. The van der Waals surface area contributed by atoms with Crippen LogP contribution in [-0.4, -0.2) is 25.5 Å². The van der Waals surface area contributed by atoms with Gasteiger partial charge in [-0.2, -0.15) is 0 Å². The van der Waals surface area contributed by atoms with Crippen LogP contribution in [0.15, 0.2) is 46.9 Å². The number of benzene rings is 2. The third-order valence-corrected chi connectivity index (χ3v) is 4.38. The summed E-state index contributed by atoms with van der Waals surface area (Å²) in [6, 6.07) is 13.9. The van der Waals surface area contributed by atoms with Crippen LogP contribution >= 0.6 is 15.9 Å². The van der Waals surface area contributed by atoms with Crippen molar-refractivity contribution in [1.82, 2.24) is 5.32 Å². The highest BCUT2D eigenvalue weighted by atomic mass is 79.9. The average molecular weight is 360 g/mol. The normalized spacial score (nSPS) is 15.9. The van der Waals surface area contributed by atoms with E-state index in [0.29, 0.717) is 0 Å². The van der Waals surface area contributed by atoms with Crippen LogP contribution in [0, 0.1) is 6.92 Å². The number of rotatable bonds is 5. The molecule has 1 heterocycles. The van der Waals surface area contributed by atoms with Gasteiger partial charge < -0.3 is 14.8 Å². The van der Waals surface area contributed by atoms with E-state index in [1.165, 1.54) is 0 Å². The number of carbonyl (C=O) groups is 1. The summed E-state index contributed by atoms with van der Waals surface area (Å²) in [6.07, 6.45) is 1.17. The second kappa shape index (κ2) is 6.63. The van der Waals surface area contributed by atoms with Crippen molar-refractivity contribution in [2.75, 3.05) is 13.1 Å². The van der Waals surface area contributed by atoms with Crippen molar-refractivity contribution < 1.29 is 9.53 Å². The number of carbonyl (C=O) groups excluding carboxylic acids is 1. The molecule has 4 heteroatoms. The minimum absolute atomic E-state index is 0.179. The molecule has 0 radical (unpaired) electrons. The Balaban J connectivity index is 1.98. The number of nitrogens with one attached hydrogen (secondary N) is 1. The molecule has 1 saturated heterocycles. The molecule has 0 spiro atoms. The average Bonchev–Trinajstić information content (AvgIpc) is 2.46. The predicted octanol–water partition coefficient (Wildman–Crippen LogP) is 3.44. The second-order valence-corrected chi connectivity index (χ2v) is 6.52. The SMILES string of the molecule is Cc1cccc(C(C=O)c2ccc(Br)cc2OC2CNC2)c1. The Kier molecular flexibility index (Phi) is 4.60. The first-order valence-electron chi connectivity index (χ1n) is 7.36. The van der Waals surface area contributed by atoms with E-state index >= 15 is 0 Å². The van der Waals surface area contributed by atoms with Crippen LogP contribution in [0.1, 0.15) is 22.6 Å². The Bertz CT molecular complexity index is 683. The maximum atomic E-state index is 11.7. The number of ether oxygens (including phenoxy) is 1. The number of aryl methyl sites for hydroxylation is 1. The molecule has 0 saturated carbocycles. The van der Waals surface area contributed by atoms with Crippen LogP contribution in [-0.2, 0) is 4.79 Å². The lowest BCUT2D eigenvalue weighted by Gasteiger charge is -2.29. The highest BCUT2D eigenvalue weighted by Gasteiger charge is 2.23. The molecule has 1 fully saturated rings. The Labute approximate surface area is 138 Å². The molecular formula is C18H18BrNO2. The number of hydrogen-bond acceptors (Lipinski definition) is 3. The molecule has 1 aliphatic heterocycles. The van der Waals surface area contributed by atoms with Crippen molar-refractivity contribution in [2.24, 2.45) is 0 Å². The minimum atomic E-state index is -0.309. The number of halogens is 1. The predicted molar refractivity (Wildman–Crippen MR) is 90.5 cm³/mol. The molecule has 0 amide bonds. The molecule has 0 bridgehead atoms. The monoisotopic (exact) mass is 359 g/mol. The lowest BCUT2D eigenvalue weighted by molar-refractivity contribution is -0.108. The summed E-state index contributed by atoms with van der Waals surface area (Å²) in [5.74, 6) is 0.468. The van der Waals surface area contributed by atoms with Crippen LogP contribution in [0.25, 0.3) is 0 Å². The summed E-state index contributed by atoms with van der Waals surface area (Å²) in [7, 11) is 0. The summed E-state index contributed by atoms with van der Waals surface area (Å²) in [5, 5.41) is 3.19. The van der Waals surface area contributed by atoms with Gasteiger partial charge in [-0.3, -0.25) is 0 Å².